The zero-order valence-electron chi connectivity index (χ0n) is 7.60. The molecule has 0 heterocycles. The van der Waals surface area contributed by atoms with E-state index in [1.54, 1.807) is 24.3 Å². The maximum atomic E-state index is 6.07. The molecule has 2 aromatic carbocycles. The second-order valence-electron chi connectivity index (χ2n) is 3.02. The molecule has 0 saturated heterocycles. The van der Waals surface area contributed by atoms with E-state index in [2.05, 4.69) is 6.07 Å². The standard InChI is InChI=1S/C12H6Cl3/c13-8-5-6-12(15)10(7-8)9-3-1-2-4-11(9)14/h1-3,5-7H. The van der Waals surface area contributed by atoms with E-state index in [1.807, 2.05) is 12.1 Å². The van der Waals surface area contributed by atoms with E-state index < -0.39 is 0 Å². The van der Waals surface area contributed by atoms with Gasteiger partial charge in [0.25, 0.3) is 0 Å². The van der Waals surface area contributed by atoms with E-state index in [0.29, 0.717) is 15.1 Å². The van der Waals surface area contributed by atoms with Gasteiger partial charge in [0.2, 0.25) is 0 Å². The molecule has 0 fully saturated rings. The summed E-state index contributed by atoms with van der Waals surface area (Å²) in [5.41, 5.74) is 1.66. The summed E-state index contributed by atoms with van der Waals surface area (Å²) in [6, 6.07) is 13.7. The lowest BCUT2D eigenvalue weighted by molar-refractivity contribution is 1.61. The Morgan fingerprint density at radius 3 is 2.47 bits per heavy atom. The maximum absolute atomic E-state index is 6.07. The molecule has 0 aliphatic carbocycles. The minimum atomic E-state index is 0.543. The quantitative estimate of drug-likeness (QED) is 0.665. The summed E-state index contributed by atoms with van der Waals surface area (Å²) in [5.74, 6) is 0. The number of hydrogen-bond donors (Lipinski definition) is 0. The highest BCUT2D eigenvalue weighted by Gasteiger charge is 2.07. The SMILES string of the molecule is Clc1ccc(Cl)c(-c2ccc[c]c2Cl)c1. The van der Waals surface area contributed by atoms with Gasteiger partial charge in [-0.05, 0) is 18.2 Å². The van der Waals surface area contributed by atoms with Gasteiger partial charge in [-0.15, -0.1) is 0 Å². The Kier molecular flexibility index (Phi) is 3.20. The van der Waals surface area contributed by atoms with Crippen LogP contribution in [0.25, 0.3) is 11.1 Å². The van der Waals surface area contributed by atoms with Crippen molar-refractivity contribution in [3.63, 3.8) is 0 Å². The molecule has 0 amide bonds. The summed E-state index contributed by atoms with van der Waals surface area (Å²) in [6.07, 6.45) is 0. The largest absolute Gasteiger partial charge is 0.0843 e. The minimum absolute atomic E-state index is 0.543. The maximum Gasteiger partial charge on any atom is 0.0563 e. The van der Waals surface area contributed by atoms with E-state index in [9.17, 15) is 0 Å². The van der Waals surface area contributed by atoms with Crippen molar-refractivity contribution >= 4 is 34.8 Å². The molecule has 0 saturated carbocycles. The molecule has 0 N–H and O–H groups in total. The number of halogens is 3. The highest BCUT2D eigenvalue weighted by atomic mass is 35.5. The average molecular weight is 257 g/mol. The highest BCUT2D eigenvalue weighted by Crippen LogP contribution is 2.34. The molecule has 0 spiro atoms. The topological polar surface area (TPSA) is 0 Å². The Morgan fingerprint density at radius 1 is 0.933 bits per heavy atom. The summed E-state index contributed by atoms with van der Waals surface area (Å²) in [6.45, 7) is 0. The Morgan fingerprint density at radius 2 is 1.73 bits per heavy atom. The molecule has 0 aliphatic heterocycles. The molecule has 15 heavy (non-hydrogen) atoms. The zero-order chi connectivity index (χ0) is 10.8. The third-order valence-corrected chi connectivity index (χ3v) is 2.90. The second kappa shape index (κ2) is 4.44. The smallest absolute Gasteiger partial charge is 0.0563 e. The van der Waals surface area contributed by atoms with Crippen LogP contribution in [-0.2, 0) is 0 Å². The van der Waals surface area contributed by atoms with Gasteiger partial charge in [-0.3, -0.25) is 0 Å². The molecule has 2 aromatic rings. The van der Waals surface area contributed by atoms with Crippen LogP contribution in [0, 0.1) is 6.07 Å². The molecule has 0 nitrogen and oxygen atoms in total. The molecule has 0 unspecified atom stereocenters. The first-order valence-corrected chi connectivity index (χ1v) is 5.43. The number of rotatable bonds is 1. The van der Waals surface area contributed by atoms with Crippen molar-refractivity contribution in [2.45, 2.75) is 0 Å². The fourth-order valence-corrected chi connectivity index (χ4v) is 1.95. The molecule has 0 atom stereocenters. The molecule has 75 valence electrons. The van der Waals surface area contributed by atoms with E-state index in [-0.39, 0.29) is 0 Å². The predicted molar refractivity (Wildman–Crippen MR) is 65.7 cm³/mol. The van der Waals surface area contributed by atoms with Crippen LogP contribution < -0.4 is 0 Å². The molecular formula is C12H6Cl3. The van der Waals surface area contributed by atoms with Gasteiger partial charge in [-0.2, -0.15) is 0 Å². The molecule has 3 heteroatoms. The first-order valence-electron chi connectivity index (χ1n) is 4.30. The highest BCUT2D eigenvalue weighted by molar-refractivity contribution is 6.37. The van der Waals surface area contributed by atoms with Gasteiger partial charge in [0.05, 0.1) is 5.02 Å². The lowest BCUT2D eigenvalue weighted by Crippen LogP contribution is -1.81. The van der Waals surface area contributed by atoms with Crippen LogP contribution >= 0.6 is 34.8 Å². The third kappa shape index (κ3) is 2.28. The van der Waals surface area contributed by atoms with Crippen LogP contribution in [0.5, 0.6) is 0 Å². The third-order valence-electron chi connectivity index (χ3n) is 2.02. The van der Waals surface area contributed by atoms with Crippen LogP contribution in [0.15, 0.2) is 36.4 Å². The normalized spacial score (nSPS) is 10.3. The van der Waals surface area contributed by atoms with Gasteiger partial charge in [-0.25, -0.2) is 0 Å². The Hall–Kier alpha value is -0.690. The number of benzene rings is 2. The second-order valence-corrected chi connectivity index (χ2v) is 4.24. The van der Waals surface area contributed by atoms with Crippen LogP contribution in [0.1, 0.15) is 0 Å². The molecule has 2 rings (SSSR count). The van der Waals surface area contributed by atoms with Gasteiger partial charge >= 0.3 is 0 Å². The van der Waals surface area contributed by atoms with Crippen molar-refractivity contribution in [3.8, 4) is 11.1 Å². The molecular weight excluding hydrogens is 250 g/mol. The van der Waals surface area contributed by atoms with Crippen molar-refractivity contribution in [1.29, 1.82) is 0 Å². The van der Waals surface area contributed by atoms with Crippen molar-refractivity contribution in [3.05, 3.63) is 57.5 Å². The predicted octanol–water partition coefficient (Wildman–Crippen LogP) is 5.11. The minimum Gasteiger partial charge on any atom is -0.0843 e. The fraction of sp³-hybridized carbons (Fsp3) is 0. The van der Waals surface area contributed by atoms with Crippen LogP contribution in [0.2, 0.25) is 15.1 Å². The van der Waals surface area contributed by atoms with Crippen molar-refractivity contribution in [2.24, 2.45) is 0 Å². The van der Waals surface area contributed by atoms with Crippen LogP contribution in [-0.4, -0.2) is 0 Å². The molecule has 0 bridgehead atoms. The first kappa shape index (κ1) is 10.8. The molecule has 0 aromatic heterocycles. The lowest BCUT2D eigenvalue weighted by Gasteiger charge is -2.06. The summed E-state index contributed by atoms with van der Waals surface area (Å²) >= 11 is 18.0. The van der Waals surface area contributed by atoms with E-state index in [0.717, 1.165) is 11.1 Å². The summed E-state index contributed by atoms with van der Waals surface area (Å²) in [7, 11) is 0. The monoisotopic (exact) mass is 255 g/mol. The molecule has 0 aliphatic rings. The zero-order valence-corrected chi connectivity index (χ0v) is 9.87. The number of hydrogen-bond acceptors (Lipinski definition) is 0. The van der Waals surface area contributed by atoms with Crippen molar-refractivity contribution in [1.82, 2.24) is 0 Å². The van der Waals surface area contributed by atoms with Gasteiger partial charge in [0.15, 0.2) is 0 Å². The Balaban J connectivity index is 2.64. The summed E-state index contributed by atoms with van der Waals surface area (Å²) in [5, 5.41) is 1.80. The van der Waals surface area contributed by atoms with E-state index in [1.165, 1.54) is 0 Å². The van der Waals surface area contributed by atoms with E-state index >= 15 is 0 Å². The average Bonchev–Trinajstić information content (AvgIpc) is 2.23. The molecule has 1 radical (unpaired) electrons. The Bertz CT molecular complexity index is 492. The van der Waals surface area contributed by atoms with Gasteiger partial charge in [0.1, 0.15) is 0 Å². The fourth-order valence-electron chi connectivity index (χ4n) is 1.33. The van der Waals surface area contributed by atoms with Gasteiger partial charge in [-0.1, -0.05) is 53.0 Å². The van der Waals surface area contributed by atoms with Crippen molar-refractivity contribution < 1.29 is 0 Å². The lowest BCUT2D eigenvalue weighted by atomic mass is 10.1. The van der Waals surface area contributed by atoms with Crippen molar-refractivity contribution in [2.75, 3.05) is 0 Å². The summed E-state index contributed by atoms with van der Waals surface area (Å²) < 4.78 is 0. The van der Waals surface area contributed by atoms with E-state index in [4.69, 9.17) is 34.8 Å². The van der Waals surface area contributed by atoms with Crippen LogP contribution in [0.4, 0.5) is 0 Å². The van der Waals surface area contributed by atoms with Gasteiger partial charge in [0, 0.05) is 27.2 Å². The summed E-state index contributed by atoms with van der Waals surface area (Å²) in [4.78, 5) is 0. The van der Waals surface area contributed by atoms with Crippen LogP contribution in [0.3, 0.4) is 0 Å². The first-order chi connectivity index (χ1) is 7.18. The van der Waals surface area contributed by atoms with Gasteiger partial charge < -0.3 is 0 Å². The Labute approximate surface area is 103 Å².